The maximum atomic E-state index is 15.4. The highest BCUT2D eigenvalue weighted by Crippen LogP contribution is 2.52. The van der Waals surface area contributed by atoms with E-state index in [0.29, 0.717) is 23.6 Å². The van der Waals surface area contributed by atoms with Crippen molar-refractivity contribution >= 4 is 64.0 Å². The number of aromatic nitrogens is 5. The minimum atomic E-state index is -5.16. The SMILES string of the molecule is CSN(C(=O)OC1CCC1)c1nn(CC(F)(F)F)c2c(-c3ccc(C#CC(C)(C)SC)nc3C(Cc3cc(F)cc(F)c3)NC(=O)Cn3nc(C(F)(F)F)c4c3C(F)(F)C[C@@H]4C)ccc(Cl)c12. The van der Waals surface area contributed by atoms with E-state index in [9.17, 15) is 44.7 Å². The molecule has 23 heteroatoms. The molecule has 2 amide bonds. The van der Waals surface area contributed by atoms with Gasteiger partial charge in [-0.25, -0.2) is 18.6 Å². The Morgan fingerprint density at radius 3 is 2.27 bits per heavy atom. The van der Waals surface area contributed by atoms with E-state index in [1.165, 1.54) is 49.2 Å². The third kappa shape index (κ3) is 10.8. The van der Waals surface area contributed by atoms with Gasteiger partial charge in [-0.3, -0.25) is 14.2 Å². The lowest BCUT2D eigenvalue weighted by molar-refractivity contribution is -0.143. The van der Waals surface area contributed by atoms with Crippen LogP contribution in [0.5, 0.6) is 0 Å². The fourth-order valence-corrected chi connectivity index (χ4v) is 8.81. The van der Waals surface area contributed by atoms with E-state index in [1.807, 2.05) is 13.8 Å². The third-order valence-corrected chi connectivity index (χ3v) is 13.3. The second-order valence-electron chi connectivity index (χ2n) is 16.6. The number of carbonyl (C=O) groups is 2. The van der Waals surface area contributed by atoms with Gasteiger partial charge in [0.2, 0.25) is 5.91 Å². The zero-order chi connectivity index (χ0) is 49.0. The predicted molar refractivity (Wildman–Crippen MR) is 234 cm³/mol. The van der Waals surface area contributed by atoms with Gasteiger partial charge in [0.05, 0.1) is 32.4 Å². The summed E-state index contributed by atoms with van der Waals surface area (Å²) in [6.07, 6.45) is -7.67. The summed E-state index contributed by atoms with van der Waals surface area (Å²) in [6.45, 7) is 1.90. The molecule has 358 valence electrons. The first-order chi connectivity index (χ1) is 31.3. The van der Waals surface area contributed by atoms with Crippen LogP contribution >= 0.6 is 35.3 Å². The van der Waals surface area contributed by atoms with Gasteiger partial charge in [0, 0.05) is 35.4 Å². The van der Waals surface area contributed by atoms with Gasteiger partial charge in [-0.05, 0) is 105 Å². The van der Waals surface area contributed by atoms with Gasteiger partial charge in [0.15, 0.2) is 11.5 Å². The van der Waals surface area contributed by atoms with Crippen LogP contribution in [0.25, 0.3) is 22.0 Å². The summed E-state index contributed by atoms with van der Waals surface area (Å²) >= 11 is 8.93. The van der Waals surface area contributed by atoms with Gasteiger partial charge in [0.1, 0.15) is 42.2 Å². The molecule has 1 N–H and O–H groups in total. The summed E-state index contributed by atoms with van der Waals surface area (Å²) in [5.41, 5.74) is -4.06. The largest absolute Gasteiger partial charge is 0.445 e. The molecule has 2 aliphatic carbocycles. The molecule has 0 aliphatic heterocycles. The second kappa shape index (κ2) is 18.7. The Hall–Kier alpha value is -5.14. The average molecular weight is 1000 g/mol. The van der Waals surface area contributed by atoms with Crippen molar-refractivity contribution in [3.63, 3.8) is 0 Å². The number of rotatable bonds is 12. The molecule has 0 radical (unpaired) electrons. The molecule has 7 rings (SSSR count). The molecule has 1 saturated carbocycles. The van der Waals surface area contributed by atoms with Crippen molar-refractivity contribution in [2.24, 2.45) is 0 Å². The van der Waals surface area contributed by atoms with Crippen molar-refractivity contribution in [2.45, 2.75) is 107 Å². The van der Waals surface area contributed by atoms with E-state index in [2.05, 4.69) is 27.4 Å². The van der Waals surface area contributed by atoms with E-state index in [4.69, 9.17) is 21.3 Å². The number of fused-ring (bicyclic) bond motifs is 2. The molecule has 67 heavy (non-hydrogen) atoms. The van der Waals surface area contributed by atoms with E-state index in [-0.39, 0.29) is 54.5 Å². The molecule has 1 fully saturated rings. The lowest BCUT2D eigenvalue weighted by Gasteiger charge is -2.27. The monoisotopic (exact) mass is 1000 g/mol. The topological polar surface area (TPSA) is 107 Å². The summed E-state index contributed by atoms with van der Waals surface area (Å²) < 4.78 is 153. The number of hydrogen-bond donors (Lipinski definition) is 1. The molecule has 0 saturated heterocycles. The number of alkyl halides is 8. The Morgan fingerprint density at radius 1 is 1.00 bits per heavy atom. The molecule has 2 aromatic carbocycles. The van der Waals surface area contributed by atoms with Crippen LogP contribution in [0.3, 0.4) is 0 Å². The van der Waals surface area contributed by atoms with Crippen LogP contribution in [0.2, 0.25) is 5.02 Å². The number of benzene rings is 2. The van der Waals surface area contributed by atoms with Gasteiger partial charge in [-0.2, -0.15) is 49.6 Å². The average Bonchev–Trinajstić information content (AvgIpc) is 3.85. The first kappa shape index (κ1) is 49.8. The molecule has 10 nitrogen and oxygen atoms in total. The summed E-state index contributed by atoms with van der Waals surface area (Å²) in [5, 5.41) is 9.96. The number of hydrogen-bond acceptors (Lipinski definition) is 8. The quantitative estimate of drug-likeness (QED) is 0.0748. The summed E-state index contributed by atoms with van der Waals surface area (Å²) in [5.74, 6) is -2.69. The van der Waals surface area contributed by atoms with Crippen LogP contribution in [0.1, 0.15) is 92.3 Å². The molecular formula is C44H40ClF10N7O3S2. The van der Waals surface area contributed by atoms with Gasteiger partial charge in [-0.15, -0.1) is 11.8 Å². The standard InChI is InChI=1S/C44H40ClF10N7O3S2/c1-22-19-42(48,49)38-33(22)37(44(53,54)55)58-60(38)20-32(63)57-31(17-23-15-24(46)18-25(47)16-23)35-28(10-9-26(56-35)13-14-41(2,3)66-4)29-11-12-30(45)34-36(29)61(21-43(50,51)52)59-39(34)62(67-5)40(64)65-27-7-6-8-27/h9-12,15-16,18,22,27,31H,6-8,17,19-21H2,1-5H3,(H,57,63)/t22-,31?/m0/s1. The first-order valence-electron chi connectivity index (χ1n) is 20.5. The predicted octanol–water partition coefficient (Wildman–Crippen LogP) is 11.8. The molecule has 2 aliphatic rings. The Kier molecular flexibility index (Phi) is 13.9. The molecule has 5 aromatic rings. The second-order valence-corrected chi connectivity index (χ2v) is 19.2. The van der Waals surface area contributed by atoms with Gasteiger partial charge >= 0.3 is 18.4 Å². The highest BCUT2D eigenvalue weighted by Gasteiger charge is 2.53. The molecular weight excluding hydrogens is 964 g/mol. The molecule has 2 atom stereocenters. The summed E-state index contributed by atoms with van der Waals surface area (Å²) in [4.78, 5) is 32.3. The van der Waals surface area contributed by atoms with E-state index < -0.39 is 108 Å². The normalized spacial score (nSPS) is 16.6. The van der Waals surface area contributed by atoms with Crippen molar-refractivity contribution in [1.82, 2.24) is 29.9 Å². The highest BCUT2D eigenvalue weighted by atomic mass is 35.5. The van der Waals surface area contributed by atoms with Crippen molar-refractivity contribution in [3.8, 4) is 23.0 Å². The first-order valence-corrected chi connectivity index (χ1v) is 23.3. The maximum Gasteiger partial charge on any atom is 0.435 e. The van der Waals surface area contributed by atoms with Crippen LogP contribution in [0.15, 0.2) is 42.5 Å². The molecule has 1 unspecified atom stereocenters. The van der Waals surface area contributed by atoms with Crippen LogP contribution in [0.4, 0.5) is 54.5 Å². The molecule has 3 heterocycles. The van der Waals surface area contributed by atoms with E-state index in [0.717, 1.165) is 34.8 Å². The van der Waals surface area contributed by atoms with E-state index >= 15 is 8.78 Å². The Morgan fingerprint density at radius 2 is 1.67 bits per heavy atom. The Labute approximate surface area is 390 Å². The fourth-order valence-electron chi connectivity index (χ4n) is 7.93. The lowest BCUT2D eigenvalue weighted by atomic mass is 9.93. The Bertz CT molecular complexity index is 2780. The Balaban J connectivity index is 1.44. The van der Waals surface area contributed by atoms with Gasteiger partial charge < -0.3 is 10.1 Å². The maximum absolute atomic E-state index is 15.4. The van der Waals surface area contributed by atoms with E-state index in [1.54, 1.807) is 6.26 Å². The number of anilines is 1. The van der Waals surface area contributed by atoms with Crippen molar-refractivity contribution in [3.05, 3.63) is 93.0 Å². The van der Waals surface area contributed by atoms with Crippen molar-refractivity contribution in [1.29, 1.82) is 0 Å². The fraction of sp³-hybridized carbons (Fsp3) is 0.432. The molecule has 3 aromatic heterocycles. The smallest absolute Gasteiger partial charge is 0.435 e. The lowest BCUT2D eigenvalue weighted by Crippen LogP contribution is -2.35. The zero-order valence-electron chi connectivity index (χ0n) is 36.1. The minimum Gasteiger partial charge on any atom is -0.445 e. The summed E-state index contributed by atoms with van der Waals surface area (Å²) in [6, 6.07) is 6.35. The minimum absolute atomic E-state index is 0.0270. The molecule has 0 spiro atoms. The van der Waals surface area contributed by atoms with Crippen molar-refractivity contribution < 1.29 is 58.2 Å². The number of nitrogens with zero attached hydrogens (tertiary/aromatic N) is 6. The number of carbonyl (C=O) groups excluding carboxylic acids is 2. The number of pyridine rings is 1. The third-order valence-electron chi connectivity index (χ3n) is 11.2. The number of ether oxygens (including phenoxy) is 1. The number of thioether (sulfide) groups is 1. The van der Waals surface area contributed by atoms with Crippen LogP contribution in [-0.4, -0.2) is 66.1 Å². The van der Waals surface area contributed by atoms with Gasteiger partial charge in [0.25, 0.3) is 5.92 Å². The number of amides is 2. The van der Waals surface area contributed by atoms with Crippen LogP contribution < -0.4 is 9.62 Å². The van der Waals surface area contributed by atoms with Gasteiger partial charge in [-0.1, -0.05) is 30.5 Å². The van der Waals surface area contributed by atoms with Crippen LogP contribution in [0, 0.1) is 23.5 Å². The number of nitrogens with one attached hydrogen (secondary N) is 1. The summed E-state index contributed by atoms with van der Waals surface area (Å²) in [7, 11) is 0. The highest BCUT2D eigenvalue weighted by molar-refractivity contribution is 8.00. The molecule has 0 bridgehead atoms. The number of halogens is 11. The van der Waals surface area contributed by atoms with Crippen LogP contribution in [-0.2, 0) is 41.1 Å². The zero-order valence-corrected chi connectivity index (χ0v) is 38.5. The van der Waals surface area contributed by atoms with Crippen molar-refractivity contribution in [2.75, 3.05) is 16.8 Å².